The van der Waals surface area contributed by atoms with Gasteiger partial charge in [0.05, 0.1) is 11.3 Å². The standard InChI is InChI=1S/C15H18N4O2/c1-19-7-6-13(18-19)9-17-10-14(20)11-21-15-5-3-2-4-12(15)8-16/h2-7,14,17,20H,9-11H2,1H3. The van der Waals surface area contributed by atoms with Gasteiger partial charge in [-0.25, -0.2) is 0 Å². The maximum atomic E-state index is 9.86. The number of aryl methyl sites for hydroxylation is 1. The molecular formula is C15H18N4O2. The van der Waals surface area contributed by atoms with E-state index in [4.69, 9.17) is 10.00 Å². The van der Waals surface area contributed by atoms with E-state index in [9.17, 15) is 5.11 Å². The van der Waals surface area contributed by atoms with Crippen LogP contribution in [0.1, 0.15) is 11.3 Å². The van der Waals surface area contributed by atoms with Gasteiger partial charge in [0.15, 0.2) is 0 Å². The third-order valence-corrected chi connectivity index (χ3v) is 2.89. The molecule has 0 spiro atoms. The lowest BCUT2D eigenvalue weighted by Gasteiger charge is -2.13. The van der Waals surface area contributed by atoms with E-state index in [2.05, 4.69) is 16.5 Å². The molecule has 2 N–H and O–H groups in total. The Kier molecular flexibility index (Phi) is 5.32. The number of aliphatic hydroxyl groups is 1. The van der Waals surface area contributed by atoms with E-state index < -0.39 is 6.10 Å². The van der Waals surface area contributed by atoms with Crippen molar-refractivity contribution >= 4 is 0 Å². The molecule has 0 radical (unpaired) electrons. The summed E-state index contributed by atoms with van der Waals surface area (Å²) in [6, 6.07) is 10.9. The number of nitriles is 1. The highest BCUT2D eigenvalue weighted by molar-refractivity contribution is 5.42. The van der Waals surface area contributed by atoms with Crippen molar-refractivity contribution in [2.24, 2.45) is 7.05 Å². The fraction of sp³-hybridized carbons (Fsp3) is 0.333. The molecule has 1 aromatic carbocycles. The molecular weight excluding hydrogens is 268 g/mol. The van der Waals surface area contributed by atoms with E-state index in [0.717, 1.165) is 5.69 Å². The molecule has 1 atom stereocenters. The van der Waals surface area contributed by atoms with Crippen LogP contribution in [-0.4, -0.2) is 34.1 Å². The van der Waals surface area contributed by atoms with Gasteiger partial charge in [0.25, 0.3) is 0 Å². The number of benzene rings is 1. The zero-order valence-electron chi connectivity index (χ0n) is 11.9. The van der Waals surface area contributed by atoms with E-state index in [1.54, 1.807) is 28.9 Å². The van der Waals surface area contributed by atoms with Crippen molar-refractivity contribution in [3.63, 3.8) is 0 Å². The number of aromatic nitrogens is 2. The molecule has 6 nitrogen and oxygen atoms in total. The summed E-state index contributed by atoms with van der Waals surface area (Å²) in [5.74, 6) is 0.490. The summed E-state index contributed by atoms with van der Waals surface area (Å²) in [4.78, 5) is 0. The average Bonchev–Trinajstić information content (AvgIpc) is 2.91. The van der Waals surface area contributed by atoms with Gasteiger partial charge in [-0.1, -0.05) is 12.1 Å². The maximum absolute atomic E-state index is 9.86. The van der Waals surface area contributed by atoms with Gasteiger partial charge < -0.3 is 15.2 Å². The minimum Gasteiger partial charge on any atom is -0.489 e. The van der Waals surface area contributed by atoms with Gasteiger partial charge in [0, 0.05) is 26.3 Å². The molecule has 1 aromatic heterocycles. The van der Waals surface area contributed by atoms with Crippen molar-refractivity contribution in [2.45, 2.75) is 12.6 Å². The first kappa shape index (κ1) is 15.0. The number of nitrogens with zero attached hydrogens (tertiary/aromatic N) is 3. The number of rotatable bonds is 7. The lowest BCUT2D eigenvalue weighted by atomic mass is 10.2. The molecule has 0 saturated carbocycles. The second-order valence-electron chi connectivity index (χ2n) is 4.68. The zero-order chi connectivity index (χ0) is 15.1. The lowest BCUT2D eigenvalue weighted by Crippen LogP contribution is -2.31. The van der Waals surface area contributed by atoms with E-state index in [0.29, 0.717) is 24.4 Å². The summed E-state index contributed by atoms with van der Waals surface area (Å²) in [7, 11) is 1.86. The monoisotopic (exact) mass is 286 g/mol. The molecule has 6 heteroatoms. The van der Waals surface area contributed by atoms with Gasteiger partial charge in [0.1, 0.15) is 24.5 Å². The van der Waals surface area contributed by atoms with Gasteiger partial charge in [-0.3, -0.25) is 4.68 Å². The largest absolute Gasteiger partial charge is 0.489 e. The Morgan fingerprint density at radius 2 is 2.24 bits per heavy atom. The Morgan fingerprint density at radius 1 is 1.43 bits per heavy atom. The molecule has 21 heavy (non-hydrogen) atoms. The van der Waals surface area contributed by atoms with Crippen LogP contribution in [0, 0.1) is 11.3 Å². The Labute approximate surface area is 123 Å². The number of hydrogen-bond acceptors (Lipinski definition) is 5. The van der Waals surface area contributed by atoms with Crippen molar-refractivity contribution in [2.75, 3.05) is 13.2 Å². The smallest absolute Gasteiger partial charge is 0.137 e. The van der Waals surface area contributed by atoms with Crippen molar-refractivity contribution in [3.05, 3.63) is 47.8 Å². The van der Waals surface area contributed by atoms with Gasteiger partial charge in [-0.15, -0.1) is 0 Å². The second-order valence-corrected chi connectivity index (χ2v) is 4.68. The van der Waals surface area contributed by atoms with Crippen molar-refractivity contribution in [1.29, 1.82) is 5.26 Å². The highest BCUT2D eigenvalue weighted by Gasteiger charge is 2.08. The highest BCUT2D eigenvalue weighted by atomic mass is 16.5. The van der Waals surface area contributed by atoms with Crippen molar-refractivity contribution in [1.82, 2.24) is 15.1 Å². The summed E-state index contributed by atoms with van der Waals surface area (Å²) in [6.07, 6.45) is 1.22. The number of aliphatic hydroxyl groups excluding tert-OH is 1. The summed E-state index contributed by atoms with van der Waals surface area (Å²) in [6.45, 7) is 1.12. The van der Waals surface area contributed by atoms with Crippen LogP contribution in [0.15, 0.2) is 36.5 Å². The summed E-state index contributed by atoms with van der Waals surface area (Å²) >= 11 is 0. The first-order valence-electron chi connectivity index (χ1n) is 6.68. The normalized spacial score (nSPS) is 11.9. The van der Waals surface area contributed by atoms with Gasteiger partial charge >= 0.3 is 0 Å². The quantitative estimate of drug-likeness (QED) is 0.787. The molecule has 1 unspecified atom stereocenters. The van der Waals surface area contributed by atoms with Gasteiger partial charge in [-0.05, 0) is 18.2 Å². The van der Waals surface area contributed by atoms with Crippen LogP contribution < -0.4 is 10.1 Å². The van der Waals surface area contributed by atoms with E-state index in [1.165, 1.54) is 0 Å². The lowest BCUT2D eigenvalue weighted by molar-refractivity contribution is 0.106. The van der Waals surface area contributed by atoms with E-state index >= 15 is 0 Å². The van der Waals surface area contributed by atoms with Crippen LogP contribution in [0.2, 0.25) is 0 Å². The first-order valence-corrected chi connectivity index (χ1v) is 6.68. The third kappa shape index (κ3) is 4.60. The molecule has 0 bridgehead atoms. The molecule has 0 aliphatic carbocycles. The fourth-order valence-electron chi connectivity index (χ4n) is 1.85. The van der Waals surface area contributed by atoms with Crippen LogP contribution in [0.25, 0.3) is 0 Å². The topological polar surface area (TPSA) is 83.1 Å². The maximum Gasteiger partial charge on any atom is 0.137 e. The van der Waals surface area contributed by atoms with Crippen molar-refractivity contribution < 1.29 is 9.84 Å². The number of hydrogen-bond donors (Lipinski definition) is 2. The van der Waals surface area contributed by atoms with Crippen molar-refractivity contribution in [3.8, 4) is 11.8 Å². The van der Waals surface area contributed by atoms with Crippen LogP contribution in [0.3, 0.4) is 0 Å². The Hall–Kier alpha value is -2.36. The Bertz CT molecular complexity index is 618. The van der Waals surface area contributed by atoms with E-state index in [-0.39, 0.29) is 6.61 Å². The van der Waals surface area contributed by atoms with E-state index in [1.807, 2.05) is 19.3 Å². The molecule has 110 valence electrons. The molecule has 2 aromatic rings. The average molecular weight is 286 g/mol. The molecule has 0 aliphatic heterocycles. The molecule has 0 fully saturated rings. The second kappa shape index (κ2) is 7.43. The summed E-state index contributed by atoms with van der Waals surface area (Å²) in [5, 5.41) is 26.1. The minimum atomic E-state index is -0.652. The van der Waals surface area contributed by atoms with Crippen LogP contribution in [0.4, 0.5) is 0 Å². The van der Waals surface area contributed by atoms with Crippen LogP contribution in [0.5, 0.6) is 5.75 Å². The molecule has 0 aliphatic rings. The van der Waals surface area contributed by atoms with Gasteiger partial charge in [0.2, 0.25) is 0 Å². The number of ether oxygens (including phenoxy) is 1. The fourth-order valence-corrected chi connectivity index (χ4v) is 1.85. The Balaban J connectivity index is 1.72. The highest BCUT2D eigenvalue weighted by Crippen LogP contribution is 2.16. The molecule has 0 amide bonds. The minimum absolute atomic E-state index is 0.133. The Morgan fingerprint density at radius 3 is 2.95 bits per heavy atom. The summed E-state index contributed by atoms with van der Waals surface area (Å²) in [5.41, 5.74) is 1.38. The van der Waals surface area contributed by atoms with Gasteiger partial charge in [-0.2, -0.15) is 10.4 Å². The third-order valence-electron chi connectivity index (χ3n) is 2.89. The molecule has 2 rings (SSSR count). The zero-order valence-corrected chi connectivity index (χ0v) is 11.9. The predicted octanol–water partition coefficient (Wildman–Crippen LogP) is 0.821. The SMILES string of the molecule is Cn1ccc(CNCC(O)COc2ccccc2C#N)n1. The molecule has 0 saturated heterocycles. The predicted molar refractivity (Wildman–Crippen MR) is 77.6 cm³/mol. The number of para-hydroxylation sites is 1. The van der Waals surface area contributed by atoms with Crippen LogP contribution >= 0.6 is 0 Å². The molecule has 1 heterocycles. The summed E-state index contributed by atoms with van der Waals surface area (Å²) < 4.78 is 7.20. The number of nitrogens with one attached hydrogen (secondary N) is 1. The first-order chi connectivity index (χ1) is 10.2. The van der Waals surface area contributed by atoms with Crippen LogP contribution in [-0.2, 0) is 13.6 Å².